The maximum atomic E-state index is 12.5. The molecule has 1 aromatic carbocycles. The zero-order valence-corrected chi connectivity index (χ0v) is 12.7. The number of hydrogen-bond donors (Lipinski definition) is 2. The highest BCUT2D eigenvalue weighted by Crippen LogP contribution is 2.49. The summed E-state index contributed by atoms with van der Waals surface area (Å²) in [6, 6.07) is 8.35. The van der Waals surface area contributed by atoms with E-state index in [4.69, 9.17) is 5.73 Å². The molecule has 1 amide bonds. The van der Waals surface area contributed by atoms with E-state index in [1.807, 2.05) is 12.1 Å². The lowest BCUT2D eigenvalue weighted by atomic mass is 9.91. The Balaban J connectivity index is 0.00000147. The molecule has 2 saturated carbocycles. The third-order valence-corrected chi connectivity index (χ3v) is 4.57. The van der Waals surface area contributed by atoms with E-state index in [0.717, 1.165) is 12.8 Å². The molecular formula is C16H23ClN2O. The maximum Gasteiger partial charge on any atom is 0.230 e. The van der Waals surface area contributed by atoms with Gasteiger partial charge in [-0.25, -0.2) is 0 Å². The van der Waals surface area contributed by atoms with Gasteiger partial charge in [0.15, 0.2) is 0 Å². The molecule has 20 heavy (non-hydrogen) atoms. The number of halogens is 1. The third-order valence-electron chi connectivity index (χ3n) is 4.57. The highest BCUT2D eigenvalue weighted by atomic mass is 35.5. The number of nitrogens with one attached hydrogen (secondary N) is 1. The standard InChI is InChI=1S/C16H22N2O.ClH/c1-11-4-2-3-5-13(11)16(8-9-16)15(19)18-10-14(17)12-6-7-12;/h2-5,12,14H,6-10,17H2,1H3,(H,18,19);1H. The lowest BCUT2D eigenvalue weighted by molar-refractivity contribution is -0.123. The summed E-state index contributed by atoms with van der Waals surface area (Å²) in [6.45, 7) is 2.70. The van der Waals surface area contributed by atoms with Crippen molar-refractivity contribution in [2.24, 2.45) is 11.7 Å². The molecule has 1 aromatic rings. The van der Waals surface area contributed by atoms with Crippen LogP contribution in [0.2, 0.25) is 0 Å². The molecule has 0 radical (unpaired) electrons. The number of nitrogens with two attached hydrogens (primary N) is 1. The van der Waals surface area contributed by atoms with Crippen LogP contribution in [0.15, 0.2) is 24.3 Å². The SMILES string of the molecule is Cc1ccccc1C1(C(=O)NCC(N)C2CC2)CC1.Cl. The highest BCUT2D eigenvalue weighted by Gasteiger charge is 2.51. The third kappa shape index (κ3) is 2.84. The fourth-order valence-corrected chi connectivity index (χ4v) is 2.92. The zero-order chi connectivity index (χ0) is 13.5. The van der Waals surface area contributed by atoms with Crippen LogP contribution >= 0.6 is 12.4 Å². The topological polar surface area (TPSA) is 55.1 Å². The van der Waals surface area contributed by atoms with Crippen molar-refractivity contribution in [3.8, 4) is 0 Å². The molecule has 0 bridgehead atoms. The first-order valence-corrected chi connectivity index (χ1v) is 7.23. The zero-order valence-electron chi connectivity index (χ0n) is 11.9. The molecule has 2 fully saturated rings. The molecule has 1 atom stereocenters. The van der Waals surface area contributed by atoms with Crippen molar-refractivity contribution in [3.63, 3.8) is 0 Å². The Bertz CT molecular complexity index is 495. The van der Waals surface area contributed by atoms with Gasteiger partial charge < -0.3 is 11.1 Å². The van der Waals surface area contributed by atoms with E-state index in [1.165, 1.54) is 24.0 Å². The lowest BCUT2D eigenvalue weighted by Crippen LogP contribution is -2.43. The molecular weight excluding hydrogens is 272 g/mol. The number of benzene rings is 1. The molecule has 3 N–H and O–H groups in total. The molecule has 0 aliphatic heterocycles. The van der Waals surface area contributed by atoms with Crippen LogP contribution in [0.3, 0.4) is 0 Å². The Morgan fingerprint density at radius 2 is 2.05 bits per heavy atom. The molecule has 110 valence electrons. The quantitative estimate of drug-likeness (QED) is 0.875. The molecule has 3 rings (SSSR count). The smallest absolute Gasteiger partial charge is 0.230 e. The maximum absolute atomic E-state index is 12.5. The Labute approximate surface area is 126 Å². The Kier molecular flexibility index (Phi) is 4.40. The summed E-state index contributed by atoms with van der Waals surface area (Å²) < 4.78 is 0. The van der Waals surface area contributed by atoms with Crippen LogP contribution in [0.25, 0.3) is 0 Å². The van der Waals surface area contributed by atoms with Gasteiger partial charge in [-0.2, -0.15) is 0 Å². The van der Waals surface area contributed by atoms with Gasteiger partial charge in [0.1, 0.15) is 0 Å². The van der Waals surface area contributed by atoms with Crippen molar-refractivity contribution < 1.29 is 4.79 Å². The summed E-state index contributed by atoms with van der Waals surface area (Å²) >= 11 is 0. The first kappa shape index (κ1) is 15.3. The van der Waals surface area contributed by atoms with Gasteiger partial charge in [-0.15, -0.1) is 12.4 Å². The molecule has 0 saturated heterocycles. The Hall–Kier alpha value is -1.06. The Morgan fingerprint density at radius 1 is 1.40 bits per heavy atom. The van der Waals surface area contributed by atoms with Crippen LogP contribution in [0.5, 0.6) is 0 Å². The first-order valence-electron chi connectivity index (χ1n) is 7.23. The normalized spacial score (nSPS) is 20.7. The van der Waals surface area contributed by atoms with E-state index in [1.54, 1.807) is 0 Å². The number of aryl methyl sites for hydroxylation is 1. The Morgan fingerprint density at radius 3 is 2.60 bits per heavy atom. The number of rotatable bonds is 5. The van der Waals surface area contributed by atoms with E-state index < -0.39 is 0 Å². The summed E-state index contributed by atoms with van der Waals surface area (Å²) in [5.74, 6) is 0.798. The second-order valence-corrected chi connectivity index (χ2v) is 6.11. The molecule has 3 nitrogen and oxygen atoms in total. The van der Waals surface area contributed by atoms with Gasteiger partial charge in [0.05, 0.1) is 5.41 Å². The van der Waals surface area contributed by atoms with Crippen molar-refractivity contribution in [1.82, 2.24) is 5.32 Å². The number of carbonyl (C=O) groups is 1. The van der Waals surface area contributed by atoms with Crippen molar-refractivity contribution in [2.75, 3.05) is 6.54 Å². The predicted molar refractivity (Wildman–Crippen MR) is 83.0 cm³/mol. The molecule has 2 aliphatic rings. The van der Waals surface area contributed by atoms with E-state index in [9.17, 15) is 4.79 Å². The van der Waals surface area contributed by atoms with Crippen LogP contribution in [0.4, 0.5) is 0 Å². The largest absolute Gasteiger partial charge is 0.354 e. The number of amides is 1. The fraction of sp³-hybridized carbons (Fsp3) is 0.562. The van der Waals surface area contributed by atoms with Crippen LogP contribution in [-0.4, -0.2) is 18.5 Å². The van der Waals surface area contributed by atoms with Gasteiger partial charge in [-0.05, 0) is 49.7 Å². The predicted octanol–water partition coefficient (Wildman–Crippen LogP) is 2.30. The van der Waals surface area contributed by atoms with Crippen LogP contribution in [-0.2, 0) is 10.2 Å². The molecule has 0 heterocycles. The first-order chi connectivity index (χ1) is 9.13. The summed E-state index contributed by atoms with van der Waals surface area (Å²) in [6.07, 6.45) is 4.37. The van der Waals surface area contributed by atoms with Gasteiger partial charge in [-0.1, -0.05) is 24.3 Å². The minimum Gasteiger partial charge on any atom is -0.354 e. The van der Waals surface area contributed by atoms with Crippen molar-refractivity contribution in [3.05, 3.63) is 35.4 Å². The lowest BCUT2D eigenvalue weighted by Gasteiger charge is -2.19. The van der Waals surface area contributed by atoms with Gasteiger partial charge in [0.25, 0.3) is 0 Å². The second kappa shape index (κ2) is 5.74. The van der Waals surface area contributed by atoms with Gasteiger partial charge in [0.2, 0.25) is 5.91 Å². The fourth-order valence-electron chi connectivity index (χ4n) is 2.92. The monoisotopic (exact) mass is 294 g/mol. The molecule has 0 spiro atoms. The van der Waals surface area contributed by atoms with E-state index >= 15 is 0 Å². The summed E-state index contributed by atoms with van der Waals surface area (Å²) in [5, 5.41) is 3.07. The van der Waals surface area contributed by atoms with Gasteiger partial charge >= 0.3 is 0 Å². The average molecular weight is 295 g/mol. The second-order valence-electron chi connectivity index (χ2n) is 6.11. The molecule has 4 heteroatoms. The van der Waals surface area contributed by atoms with Crippen molar-refractivity contribution in [1.29, 1.82) is 0 Å². The number of carbonyl (C=O) groups excluding carboxylic acids is 1. The minimum atomic E-state index is -0.269. The van der Waals surface area contributed by atoms with Crippen LogP contribution < -0.4 is 11.1 Å². The molecule has 2 aliphatic carbocycles. The van der Waals surface area contributed by atoms with E-state index in [-0.39, 0.29) is 29.8 Å². The number of hydrogen-bond acceptors (Lipinski definition) is 2. The summed E-state index contributed by atoms with van der Waals surface area (Å²) in [7, 11) is 0. The molecule has 1 unspecified atom stereocenters. The van der Waals surface area contributed by atoms with Gasteiger partial charge in [0, 0.05) is 12.6 Å². The van der Waals surface area contributed by atoms with Gasteiger partial charge in [-0.3, -0.25) is 4.79 Å². The van der Waals surface area contributed by atoms with Crippen molar-refractivity contribution >= 4 is 18.3 Å². The minimum absolute atomic E-state index is 0. The van der Waals surface area contributed by atoms with E-state index in [2.05, 4.69) is 24.4 Å². The average Bonchev–Trinajstić information content (AvgIpc) is 3.29. The summed E-state index contributed by atoms with van der Waals surface area (Å²) in [5.41, 5.74) is 8.17. The van der Waals surface area contributed by atoms with Crippen LogP contribution in [0, 0.1) is 12.8 Å². The van der Waals surface area contributed by atoms with Crippen molar-refractivity contribution in [2.45, 2.75) is 44.1 Å². The highest BCUT2D eigenvalue weighted by molar-refractivity contribution is 5.91. The van der Waals surface area contributed by atoms with E-state index in [0.29, 0.717) is 12.5 Å². The summed E-state index contributed by atoms with van der Waals surface area (Å²) in [4.78, 5) is 12.5. The van der Waals surface area contributed by atoms with Crippen LogP contribution in [0.1, 0.15) is 36.8 Å². The molecule has 0 aromatic heterocycles.